The summed E-state index contributed by atoms with van der Waals surface area (Å²) in [7, 11) is 0. The van der Waals surface area contributed by atoms with Crippen LogP contribution in [0, 0.1) is 0 Å². The zero-order chi connectivity index (χ0) is 12.3. The molecule has 0 saturated carbocycles. The van der Waals surface area contributed by atoms with Crippen LogP contribution >= 0.6 is 11.8 Å². The van der Waals surface area contributed by atoms with Crippen molar-refractivity contribution in [3.8, 4) is 5.69 Å². The first-order chi connectivity index (χ1) is 8.20. The second-order valence-electron chi connectivity index (χ2n) is 3.19. The predicted molar refractivity (Wildman–Crippen MR) is 59.1 cm³/mol. The summed E-state index contributed by atoms with van der Waals surface area (Å²) in [5.41, 5.74) is 0.718. The van der Waals surface area contributed by atoms with Gasteiger partial charge in [0.05, 0.1) is 10.3 Å². The number of halogens is 2. The zero-order valence-electron chi connectivity index (χ0n) is 9.12. The summed E-state index contributed by atoms with van der Waals surface area (Å²) < 4.78 is 26.2. The molecule has 17 heavy (non-hydrogen) atoms. The van der Waals surface area contributed by atoms with Crippen molar-refractivity contribution < 1.29 is 13.5 Å². The van der Waals surface area contributed by atoms with E-state index in [4.69, 9.17) is 0 Å². The van der Waals surface area contributed by atoms with Crippen LogP contribution in [-0.2, 0) is 6.54 Å². The average Bonchev–Trinajstić information content (AvgIpc) is 2.72. The highest BCUT2D eigenvalue weighted by molar-refractivity contribution is 7.99. The van der Waals surface area contributed by atoms with Gasteiger partial charge in [0, 0.05) is 11.8 Å². The molecule has 2 rings (SSSR count). The average molecular weight is 257 g/mol. The van der Waals surface area contributed by atoms with E-state index in [1.807, 2.05) is 25.1 Å². The van der Waals surface area contributed by atoms with Gasteiger partial charge in [-0.15, -0.1) is 0 Å². The minimum absolute atomic E-state index is 0.188. The number of aromatic nitrogens is 4. The van der Waals surface area contributed by atoms with Gasteiger partial charge in [0.1, 0.15) is 12.2 Å². The molecule has 1 aromatic carbocycles. The molecule has 0 aliphatic heterocycles. The van der Waals surface area contributed by atoms with Crippen LogP contribution in [0.5, 0.6) is 0 Å². The molecule has 4 nitrogen and oxygen atoms in total. The van der Waals surface area contributed by atoms with Crippen LogP contribution in [0.15, 0.2) is 35.5 Å². The van der Waals surface area contributed by atoms with Crippen LogP contribution in [-0.4, -0.2) is 20.9 Å². The van der Waals surface area contributed by atoms with Gasteiger partial charge < -0.3 is 0 Å². The van der Waals surface area contributed by atoms with E-state index >= 15 is 0 Å². The Kier molecular flexibility index (Phi) is 3.68. The third-order valence-electron chi connectivity index (χ3n) is 2.05. The largest absolute Gasteiger partial charge is 0.368 e. The van der Waals surface area contributed by atoms with Gasteiger partial charge in [0.2, 0.25) is 0 Å². The topological polar surface area (TPSA) is 34.6 Å². The number of alkyl halides is 2. The van der Waals surface area contributed by atoms with E-state index in [1.54, 1.807) is 12.1 Å². The summed E-state index contributed by atoms with van der Waals surface area (Å²) in [6, 6.07) is 9.09. The Morgan fingerprint density at radius 2 is 2.06 bits per heavy atom. The molecule has 1 heterocycles. The zero-order valence-corrected chi connectivity index (χ0v) is 9.94. The number of nitrogens with zero attached hydrogens (tertiary/aromatic N) is 4. The van der Waals surface area contributed by atoms with Crippen LogP contribution in [0.3, 0.4) is 0 Å². The Morgan fingerprint density at radius 1 is 1.35 bits per heavy atom. The SMILES string of the molecule is CCn1nc(SC(F)F)[n+](-c2ccccc2)n1. The van der Waals surface area contributed by atoms with Gasteiger partial charge in [-0.1, -0.05) is 22.9 Å². The molecule has 0 N–H and O–H groups in total. The van der Waals surface area contributed by atoms with Gasteiger partial charge in [0.25, 0.3) is 5.76 Å². The fourth-order valence-corrected chi connectivity index (χ4v) is 1.86. The lowest BCUT2D eigenvalue weighted by Crippen LogP contribution is -2.36. The standard InChI is InChI=1S/C10H11F2N4S/c1-2-15-13-10(17-9(11)12)16(14-15)8-6-4-3-5-7-8/h3-7,9H,2H2,1H3/q+1. The van der Waals surface area contributed by atoms with Gasteiger partial charge in [-0.05, 0) is 23.9 Å². The smallest absolute Gasteiger partial charge is 0.197 e. The van der Waals surface area contributed by atoms with Crippen molar-refractivity contribution in [3.63, 3.8) is 0 Å². The summed E-state index contributed by atoms with van der Waals surface area (Å²) >= 11 is 0.391. The second-order valence-corrected chi connectivity index (χ2v) is 4.14. The maximum atomic E-state index is 12.4. The molecule has 0 aliphatic rings. The highest BCUT2D eigenvalue weighted by Crippen LogP contribution is 2.20. The molecule has 1 aromatic heterocycles. The molecule has 7 heteroatoms. The number of hydrogen-bond acceptors (Lipinski definition) is 3. The highest BCUT2D eigenvalue weighted by atomic mass is 32.2. The van der Waals surface area contributed by atoms with Crippen molar-refractivity contribution in [1.29, 1.82) is 0 Å². The first-order valence-electron chi connectivity index (χ1n) is 5.08. The lowest BCUT2D eigenvalue weighted by Gasteiger charge is -1.95. The summed E-state index contributed by atoms with van der Waals surface area (Å²) in [6.07, 6.45) is 0. The molecule has 0 radical (unpaired) electrons. The van der Waals surface area contributed by atoms with Crippen molar-refractivity contribution in [2.24, 2.45) is 0 Å². The number of para-hydroxylation sites is 1. The fraction of sp³-hybridized carbons (Fsp3) is 0.300. The van der Waals surface area contributed by atoms with E-state index in [0.29, 0.717) is 18.3 Å². The first-order valence-corrected chi connectivity index (χ1v) is 5.96. The molecule has 0 spiro atoms. The van der Waals surface area contributed by atoms with Crippen molar-refractivity contribution in [1.82, 2.24) is 15.1 Å². The number of benzene rings is 1. The molecule has 0 bridgehead atoms. The summed E-state index contributed by atoms with van der Waals surface area (Å²) in [4.78, 5) is 1.39. The maximum absolute atomic E-state index is 12.4. The van der Waals surface area contributed by atoms with Crippen LogP contribution in [0.1, 0.15) is 6.92 Å². The number of hydrogen-bond donors (Lipinski definition) is 0. The van der Waals surface area contributed by atoms with Crippen LogP contribution in [0.4, 0.5) is 8.78 Å². The van der Waals surface area contributed by atoms with E-state index < -0.39 is 5.76 Å². The minimum Gasteiger partial charge on any atom is -0.197 e. The van der Waals surface area contributed by atoms with Crippen LogP contribution < -0.4 is 4.68 Å². The Balaban J connectivity index is 2.41. The van der Waals surface area contributed by atoms with Gasteiger partial charge in [-0.3, -0.25) is 0 Å². The lowest BCUT2D eigenvalue weighted by molar-refractivity contribution is -0.699. The number of rotatable bonds is 4. The molecule has 0 unspecified atom stereocenters. The number of aryl methyl sites for hydroxylation is 1. The quantitative estimate of drug-likeness (QED) is 0.619. The van der Waals surface area contributed by atoms with Crippen LogP contribution in [0.25, 0.3) is 5.69 Å². The predicted octanol–water partition coefficient (Wildman–Crippen LogP) is 1.89. The Labute approximate surface area is 101 Å². The molecule has 0 amide bonds. The monoisotopic (exact) mass is 257 g/mol. The maximum Gasteiger partial charge on any atom is 0.368 e. The van der Waals surface area contributed by atoms with E-state index in [-0.39, 0.29) is 5.16 Å². The van der Waals surface area contributed by atoms with Crippen LogP contribution in [0.2, 0.25) is 0 Å². The van der Waals surface area contributed by atoms with E-state index in [2.05, 4.69) is 10.3 Å². The molecule has 90 valence electrons. The molecule has 0 fully saturated rings. The normalized spacial score (nSPS) is 11.1. The minimum atomic E-state index is -2.51. The second kappa shape index (κ2) is 5.22. The molecular weight excluding hydrogens is 246 g/mol. The van der Waals surface area contributed by atoms with Crippen molar-refractivity contribution in [3.05, 3.63) is 30.3 Å². The summed E-state index contributed by atoms with van der Waals surface area (Å²) in [5, 5.41) is 8.30. The number of thioether (sulfide) groups is 1. The Morgan fingerprint density at radius 3 is 2.65 bits per heavy atom. The first kappa shape index (κ1) is 12.0. The lowest BCUT2D eigenvalue weighted by atomic mass is 10.3. The fourth-order valence-electron chi connectivity index (χ4n) is 1.32. The van der Waals surface area contributed by atoms with Gasteiger partial charge >= 0.3 is 5.16 Å². The molecule has 0 saturated heterocycles. The van der Waals surface area contributed by atoms with Crippen molar-refractivity contribution in [2.75, 3.05) is 0 Å². The van der Waals surface area contributed by atoms with E-state index in [0.717, 1.165) is 5.69 Å². The van der Waals surface area contributed by atoms with Crippen molar-refractivity contribution >= 4 is 11.8 Å². The summed E-state index contributed by atoms with van der Waals surface area (Å²) in [5.74, 6) is -2.51. The van der Waals surface area contributed by atoms with Gasteiger partial charge in [-0.2, -0.15) is 8.78 Å². The highest BCUT2D eigenvalue weighted by Gasteiger charge is 2.24. The summed E-state index contributed by atoms with van der Waals surface area (Å²) in [6.45, 7) is 2.39. The number of tetrazole rings is 1. The van der Waals surface area contributed by atoms with E-state index in [9.17, 15) is 8.78 Å². The Hall–Kier alpha value is -1.50. The molecular formula is C10H11F2N4S+. The van der Waals surface area contributed by atoms with Gasteiger partial charge in [0.15, 0.2) is 0 Å². The molecule has 2 aromatic rings. The van der Waals surface area contributed by atoms with E-state index in [1.165, 1.54) is 9.48 Å². The van der Waals surface area contributed by atoms with Crippen molar-refractivity contribution in [2.45, 2.75) is 24.4 Å². The third-order valence-corrected chi connectivity index (χ3v) is 2.70. The Bertz CT molecular complexity index is 486. The third kappa shape index (κ3) is 2.79. The molecule has 0 atom stereocenters. The molecule has 0 aliphatic carbocycles. The van der Waals surface area contributed by atoms with Gasteiger partial charge in [-0.25, -0.2) is 0 Å².